The van der Waals surface area contributed by atoms with E-state index in [0.29, 0.717) is 0 Å². The fraction of sp³-hybridized carbons (Fsp3) is 0.455. The van der Waals surface area contributed by atoms with Crippen molar-refractivity contribution < 1.29 is 85.3 Å². The molecule has 0 aliphatic carbocycles. The van der Waals surface area contributed by atoms with E-state index < -0.39 is 63.6 Å². The average Bonchev–Trinajstić information content (AvgIpc) is 2.29. The van der Waals surface area contributed by atoms with Crippen LogP contribution in [0.1, 0.15) is 27.8 Å². The SMILES string of the molecule is FC(F)(F)c1c(S)c(C(F)(F)F)c(C(F)(F)F)c(C(F)(F)F)c1C(F)(F)F.[Zn]. The smallest absolute Gasteiger partial charge is 0.166 e. The van der Waals surface area contributed by atoms with Crippen molar-refractivity contribution in [1.82, 2.24) is 0 Å². The minimum Gasteiger partial charge on any atom is -0.166 e. The van der Waals surface area contributed by atoms with Gasteiger partial charge in [0.15, 0.2) is 0 Å². The second kappa shape index (κ2) is 7.44. The molecule has 0 atom stereocenters. The van der Waals surface area contributed by atoms with Crippen molar-refractivity contribution in [1.29, 1.82) is 0 Å². The van der Waals surface area contributed by atoms with Crippen LogP contribution in [0.5, 0.6) is 0 Å². The normalized spacial score (nSPS) is 14.1. The first-order valence-electron chi connectivity index (χ1n) is 5.81. The van der Waals surface area contributed by atoms with Gasteiger partial charge in [0.25, 0.3) is 0 Å². The van der Waals surface area contributed by atoms with Crippen molar-refractivity contribution in [3.05, 3.63) is 27.8 Å². The molecule has 1 rings (SSSR count). The standard InChI is InChI=1S/C11HF15S.Zn/c12-7(13,14)1-2(8(15,16)17)4(10(21,22)23)6(27)5(11(24,25)26)3(1)9(18,19)20;/h27H;. The number of halogens is 15. The minimum absolute atomic E-state index is 0. The summed E-state index contributed by atoms with van der Waals surface area (Å²) in [6.45, 7) is 0. The van der Waals surface area contributed by atoms with E-state index in [1.54, 1.807) is 0 Å². The Morgan fingerprint density at radius 3 is 0.643 bits per heavy atom. The molecule has 0 saturated carbocycles. The third-order valence-electron chi connectivity index (χ3n) is 2.89. The minimum atomic E-state index is -6.88. The van der Waals surface area contributed by atoms with Crippen molar-refractivity contribution in [2.45, 2.75) is 35.8 Å². The molecule has 0 radical (unpaired) electrons. The van der Waals surface area contributed by atoms with Gasteiger partial charge >= 0.3 is 30.9 Å². The maximum atomic E-state index is 12.9. The number of hydrogen-bond acceptors (Lipinski definition) is 1. The van der Waals surface area contributed by atoms with Gasteiger partial charge in [0.05, 0.1) is 27.8 Å². The quantitative estimate of drug-likeness (QED) is 0.213. The molecule has 1 aromatic carbocycles. The van der Waals surface area contributed by atoms with E-state index >= 15 is 0 Å². The van der Waals surface area contributed by atoms with E-state index in [2.05, 4.69) is 12.6 Å². The molecule has 0 nitrogen and oxygen atoms in total. The molecule has 28 heavy (non-hydrogen) atoms. The van der Waals surface area contributed by atoms with E-state index in [9.17, 15) is 65.9 Å². The molecule has 0 fully saturated rings. The van der Waals surface area contributed by atoms with Crippen LogP contribution in [0, 0.1) is 0 Å². The second-order valence-electron chi connectivity index (χ2n) is 4.71. The zero-order valence-electron chi connectivity index (χ0n) is 12.3. The Morgan fingerprint density at radius 2 is 0.500 bits per heavy atom. The van der Waals surface area contributed by atoms with Crippen LogP contribution >= 0.6 is 12.6 Å². The van der Waals surface area contributed by atoms with Gasteiger partial charge in [-0.1, -0.05) is 0 Å². The first kappa shape index (κ1) is 27.1. The summed E-state index contributed by atoms with van der Waals surface area (Å²) in [5, 5.41) is 0. The van der Waals surface area contributed by atoms with E-state index in [0.717, 1.165) is 0 Å². The van der Waals surface area contributed by atoms with E-state index in [4.69, 9.17) is 0 Å². The Morgan fingerprint density at radius 1 is 0.357 bits per heavy atom. The van der Waals surface area contributed by atoms with Gasteiger partial charge in [-0.2, -0.15) is 65.9 Å². The summed E-state index contributed by atoms with van der Waals surface area (Å²) < 4.78 is 193. The fourth-order valence-electron chi connectivity index (χ4n) is 2.14. The van der Waals surface area contributed by atoms with Crippen molar-refractivity contribution in [2.24, 2.45) is 0 Å². The summed E-state index contributed by atoms with van der Waals surface area (Å²) in [7, 11) is 0. The Balaban J connectivity index is 0.00000729. The second-order valence-corrected chi connectivity index (χ2v) is 5.16. The first-order valence-corrected chi connectivity index (χ1v) is 6.26. The van der Waals surface area contributed by atoms with Crippen LogP contribution in [0.4, 0.5) is 65.9 Å². The van der Waals surface area contributed by atoms with Crippen molar-refractivity contribution in [3.63, 3.8) is 0 Å². The number of alkyl halides is 15. The molecule has 0 N–H and O–H groups in total. The molecule has 0 saturated heterocycles. The zero-order valence-corrected chi connectivity index (χ0v) is 16.2. The van der Waals surface area contributed by atoms with Crippen LogP contribution in [0.25, 0.3) is 0 Å². The summed E-state index contributed by atoms with van der Waals surface area (Å²) in [6, 6.07) is 0. The average molecular weight is 516 g/mol. The fourth-order valence-corrected chi connectivity index (χ4v) is 2.62. The topological polar surface area (TPSA) is 0 Å². The molecule has 17 heteroatoms. The van der Waals surface area contributed by atoms with Crippen molar-refractivity contribution in [3.8, 4) is 0 Å². The van der Waals surface area contributed by atoms with E-state index in [1.165, 1.54) is 0 Å². The number of rotatable bonds is 0. The predicted molar refractivity (Wildman–Crippen MR) is 58.7 cm³/mol. The van der Waals surface area contributed by atoms with Gasteiger partial charge in [-0.3, -0.25) is 0 Å². The molecular weight excluding hydrogens is 515 g/mol. The Labute approximate surface area is 162 Å². The molecule has 0 spiro atoms. The summed E-state index contributed by atoms with van der Waals surface area (Å²) in [5.41, 5.74) is -19.3. The molecule has 0 heterocycles. The number of thiol groups is 1. The van der Waals surface area contributed by atoms with Crippen LogP contribution in [-0.2, 0) is 50.4 Å². The summed E-state index contributed by atoms with van der Waals surface area (Å²) in [5.74, 6) is 0. The Hall–Kier alpha value is -0.857. The third kappa shape index (κ3) is 5.19. The van der Waals surface area contributed by atoms with Crippen LogP contribution in [0.2, 0.25) is 0 Å². The Bertz CT molecular complexity index is 678. The number of hydrogen-bond donors (Lipinski definition) is 1. The van der Waals surface area contributed by atoms with Crippen LogP contribution in [0.15, 0.2) is 4.90 Å². The van der Waals surface area contributed by atoms with E-state index in [1.807, 2.05) is 0 Å². The summed E-state index contributed by atoms with van der Waals surface area (Å²) in [4.78, 5) is -2.98. The number of benzene rings is 1. The van der Waals surface area contributed by atoms with Gasteiger partial charge < -0.3 is 0 Å². The molecule has 0 bridgehead atoms. The molecule has 0 aliphatic rings. The molecule has 0 amide bonds. The van der Waals surface area contributed by atoms with Gasteiger partial charge in [0, 0.05) is 24.4 Å². The van der Waals surface area contributed by atoms with Gasteiger partial charge in [-0.05, 0) is 0 Å². The van der Waals surface area contributed by atoms with Gasteiger partial charge in [0.2, 0.25) is 0 Å². The maximum Gasteiger partial charge on any atom is 0.418 e. The van der Waals surface area contributed by atoms with Crippen LogP contribution in [-0.4, -0.2) is 0 Å². The zero-order chi connectivity index (χ0) is 22.0. The van der Waals surface area contributed by atoms with Gasteiger partial charge in [-0.25, -0.2) is 0 Å². The predicted octanol–water partition coefficient (Wildman–Crippen LogP) is 7.07. The van der Waals surface area contributed by atoms with Crippen LogP contribution in [0.3, 0.4) is 0 Å². The molecular formula is C11HF15SZn. The van der Waals surface area contributed by atoms with E-state index in [-0.39, 0.29) is 19.5 Å². The van der Waals surface area contributed by atoms with Crippen molar-refractivity contribution in [2.75, 3.05) is 0 Å². The summed E-state index contributed by atoms with van der Waals surface area (Å²) >= 11 is 2.44. The monoisotopic (exact) mass is 514 g/mol. The van der Waals surface area contributed by atoms with Crippen LogP contribution < -0.4 is 0 Å². The largest absolute Gasteiger partial charge is 0.418 e. The Kier molecular flexibility index (Phi) is 7.21. The van der Waals surface area contributed by atoms with Gasteiger partial charge in [-0.15, -0.1) is 12.6 Å². The molecule has 158 valence electrons. The first-order chi connectivity index (χ1) is 11.5. The third-order valence-corrected chi connectivity index (χ3v) is 3.34. The molecule has 0 aromatic heterocycles. The maximum absolute atomic E-state index is 12.9. The molecule has 0 unspecified atom stereocenters. The van der Waals surface area contributed by atoms with Crippen molar-refractivity contribution >= 4 is 12.6 Å². The summed E-state index contributed by atoms with van der Waals surface area (Å²) in [6.07, 6.45) is -33.5. The molecule has 0 aliphatic heterocycles. The molecule has 1 aromatic rings. The van der Waals surface area contributed by atoms with Gasteiger partial charge in [0.1, 0.15) is 0 Å².